The number of halogens is 2. The Bertz CT molecular complexity index is 925. The van der Waals surface area contributed by atoms with E-state index in [2.05, 4.69) is 37.3 Å². The van der Waals surface area contributed by atoms with E-state index in [-0.39, 0.29) is 11.9 Å². The van der Waals surface area contributed by atoms with Gasteiger partial charge in [-0.15, -0.1) is 0 Å². The Morgan fingerprint density at radius 3 is 2.81 bits per heavy atom. The lowest BCUT2D eigenvalue weighted by Crippen LogP contribution is -2.26. The molecule has 0 radical (unpaired) electrons. The zero-order chi connectivity index (χ0) is 18.8. The van der Waals surface area contributed by atoms with Gasteiger partial charge in [0.2, 0.25) is 0 Å². The number of nitrogens with zero attached hydrogens (tertiary/aromatic N) is 4. The van der Waals surface area contributed by atoms with Gasteiger partial charge in [0.15, 0.2) is 0 Å². The largest absolute Gasteiger partial charge is 0.327 e. The molecule has 0 N–H and O–H groups in total. The summed E-state index contributed by atoms with van der Waals surface area (Å²) in [5.74, 6) is 0.914. The molecule has 4 nitrogen and oxygen atoms in total. The van der Waals surface area contributed by atoms with Gasteiger partial charge >= 0.3 is 0 Å². The van der Waals surface area contributed by atoms with Gasteiger partial charge in [0, 0.05) is 47.4 Å². The van der Waals surface area contributed by atoms with E-state index in [1.807, 2.05) is 36.8 Å². The summed E-state index contributed by atoms with van der Waals surface area (Å²) >= 11 is 3.45. The molecule has 3 heterocycles. The van der Waals surface area contributed by atoms with E-state index in [9.17, 15) is 4.39 Å². The lowest BCUT2D eigenvalue weighted by molar-refractivity contribution is 0.232. The molecule has 4 rings (SSSR count). The third-order valence-corrected chi connectivity index (χ3v) is 5.71. The molecule has 2 aromatic heterocycles. The predicted molar refractivity (Wildman–Crippen MR) is 107 cm³/mol. The number of pyridine rings is 1. The summed E-state index contributed by atoms with van der Waals surface area (Å²) in [6.07, 6.45) is 7.72. The van der Waals surface area contributed by atoms with Crippen LogP contribution in [0.25, 0.3) is 0 Å². The second-order valence-electron chi connectivity index (χ2n) is 7.06. The minimum absolute atomic E-state index is 0.153. The zero-order valence-electron chi connectivity index (χ0n) is 15.3. The van der Waals surface area contributed by atoms with Gasteiger partial charge in [-0.3, -0.25) is 9.88 Å². The lowest BCUT2D eigenvalue weighted by atomic mass is 10.1. The van der Waals surface area contributed by atoms with E-state index >= 15 is 0 Å². The molecular formula is C21H22BrFN4. The molecule has 27 heavy (non-hydrogen) atoms. The molecule has 0 bridgehead atoms. The van der Waals surface area contributed by atoms with Crippen molar-refractivity contribution in [1.29, 1.82) is 0 Å². The molecule has 0 aliphatic carbocycles. The van der Waals surface area contributed by atoms with E-state index in [0.29, 0.717) is 6.54 Å². The van der Waals surface area contributed by atoms with Crippen LogP contribution in [0.5, 0.6) is 0 Å². The molecule has 1 aliphatic heterocycles. The normalized spacial score (nSPS) is 17.5. The Balaban J connectivity index is 1.60. The average molecular weight is 429 g/mol. The molecule has 3 aromatic rings. The maximum absolute atomic E-state index is 14.2. The average Bonchev–Trinajstić information content (AvgIpc) is 3.26. The number of rotatable bonds is 5. The summed E-state index contributed by atoms with van der Waals surface area (Å²) in [5.41, 5.74) is 3.07. The highest BCUT2D eigenvalue weighted by Crippen LogP contribution is 2.34. The van der Waals surface area contributed by atoms with E-state index in [4.69, 9.17) is 4.98 Å². The summed E-state index contributed by atoms with van der Waals surface area (Å²) in [7, 11) is 0. The highest BCUT2D eigenvalue weighted by Gasteiger charge is 2.30. The van der Waals surface area contributed by atoms with Crippen molar-refractivity contribution >= 4 is 15.9 Å². The van der Waals surface area contributed by atoms with Crippen molar-refractivity contribution in [3.63, 3.8) is 0 Å². The Hall–Kier alpha value is -2.05. The highest BCUT2D eigenvalue weighted by atomic mass is 79.9. The molecule has 1 fully saturated rings. The second-order valence-corrected chi connectivity index (χ2v) is 7.98. The Morgan fingerprint density at radius 1 is 1.19 bits per heavy atom. The van der Waals surface area contributed by atoms with Gasteiger partial charge in [-0.25, -0.2) is 9.37 Å². The summed E-state index contributed by atoms with van der Waals surface area (Å²) in [5, 5.41) is 0. The minimum Gasteiger partial charge on any atom is -0.327 e. The highest BCUT2D eigenvalue weighted by molar-refractivity contribution is 9.10. The third-order valence-electron chi connectivity index (χ3n) is 5.22. The fourth-order valence-electron chi connectivity index (χ4n) is 3.81. The first-order chi connectivity index (χ1) is 13.1. The minimum atomic E-state index is -0.153. The molecule has 0 amide bonds. The summed E-state index contributed by atoms with van der Waals surface area (Å²) < 4.78 is 17.4. The molecule has 0 saturated carbocycles. The first-order valence-electron chi connectivity index (χ1n) is 9.21. The maximum atomic E-state index is 14.2. The van der Waals surface area contributed by atoms with Crippen molar-refractivity contribution in [2.24, 2.45) is 0 Å². The Labute approximate surface area is 167 Å². The molecule has 1 aliphatic rings. The van der Waals surface area contributed by atoms with Crippen LogP contribution in [-0.2, 0) is 13.1 Å². The van der Waals surface area contributed by atoms with Gasteiger partial charge in [-0.05, 0) is 62.2 Å². The quantitative estimate of drug-likeness (QED) is 0.580. The van der Waals surface area contributed by atoms with E-state index in [1.54, 1.807) is 6.07 Å². The van der Waals surface area contributed by atoms with Gasteiger partial charge in [-0.1, -0.05) is 15.9 Å². The monoisotopic (exact) mass is 428 g/mol. The number of imidazole rings is 1. The second kappa shape index (κ2) is 7.90. The van der Waals surface area contributed by atoms with Crippen LogP contribution < -0.4 is 0 Å². The van der Waals surface area contributed by atoms with Crippen LogP contribution in [-0.4, -0.2) is 26.0 Å². The first-order valence-corrected chi connectivity index (χ1v) is 10.00. The smallest absolute Gasteiger partial charge is 0.127 e. The summed E-state index contributed by atoms with van der Waals surface area (Å²) in [6.45, 7) is 4.42. The number of aryl methyl sites for hydroxylation is 1. The first kappa shape index (κ1) is 18.3. The predicted octanol–water partition coefficient (Wildman–Crippen LogP) is 4.87. The molecule has 0 spiro atoms. The standard InChI is InChI=1S/C21H22BrFN4/c1-15-12-25-21(27(15)13-16-6-8-24-9-7-16)20-3-2-10-26(20)14-17-11-18(22)4-5-19(17)23/h4-9,11-12,20H,2-3,10,13-14H2,1H3. The van der Waals surface area contributed by atoms with Crippen molar-refractivity contribution in [2.75, 3.05) is 6.54 Å². The van der Waals surface area contributed by atoms with Crippen molar-refractivity contribution in [3.8, 4) is 0 Å². The van der Waals surface area contributed by atoms with E-state index in [0.717, 1.165) is 47.5 Å². The van der Waals surface area contributed by atoms with Gasteiger partial charge in [-0.2, -0.15) is 0 Å². The number of benzene rings is 1. The van der Waals surface area contributed by atoms with Crippen LogP contribution in [0.4, 0.5) is 4.39 Å². The van der Waals surface area contributed by atoms with Crippen LogP contribution in [0.3, 0.4) is 0 Å². The molecule has 1 saturated heterocycles. The van der Waals surface area contributed by atoms with Crippen molar-refractivity contribution in [3.05, 3.63) is 81.9 Å². The molecule has 6 heteroatoms. The van der Waals surface area contributed by atoms with Gasteiger partial charge in [0.1, 0.15) is 11.6 Å². The maximum Gasteiger partial charge on any atom is 0.127 e. The van der Waals surface area contributed by atoms with Crippen molar-refractivity contribution < 1.29 is 4.39 Å². The fourth-order valence-corrected chi connectivity index (χ4v) is 4.22. The van der Waals surface area contributed by atoms with Gasteiger partial charge < -0.3 is 4.57 Å². The molecule has 1 unspecified atom stereocenters. The van der Waals surface area contributed by atoms with Crippen molar-refractivity contribution in [2.45, 2.75) is 38.9 Å². The van der Waals surface area contributed by atoms with Crippen LogP contribution in [0.15, 0.2) is 53.4 Å². The third kappa shape index (κ3) is 3.96. The summed E-state index contributed by atoms with van der Waals surface area (Å²) in [4.78, 5) is 11.2. The number of aromatic nitrogens is 3. The van der Waals surface area contributed by atoms with Crippen molar-refractivity contribution in [1.82, 2.24) is 19.4 Å². The number of hydrogen-bond donors (Lipinski definition) is 0. The SMILES string of the molecule is Cc1cnc(C2CCCN2Cc2cc(Br)ccc2F)n1Cc1ccncc1. The number of likely N-dealkylation sites (tertiary alicyclic amines) is 1. The topological polar surface area (TPSA) is 34.0 Å². The van der Waals surface area contributed by atoms with E-state index < -0.39 is 0 Å². The zero-order valence-corrected chi connectivity index (χ0v) is 16.9. The lowest BCUT2D eigenvalue weighted by Gasteiger charge is -2.25. The van der Waals surface area contributed by atoms with Crippen LogP contribution in [0, 0.1) is 12.7 Å². The summed E-state index contributed by atoms with van der Waals surface area (Å²) in [6, 6.07) is 9.42. The Kier molecular flexibility index (Phi) is 5.36. The Morgan fingerprint density at radius 2 is 2.00 bits per heavy atom. The van der Waals surface area contributed by atoms with Gasteiger partial charge in [0.05, 0.1) is 6.04 Å². The number of hydrogen-bond acceptors (Lipinski definition) is 3. The van der Waals surface area contributed by atoms with Crippen LogP contribution in [0.2, 0.25) is 0 Å². The van der Waals surface area contributed by atoms with E-state index in [1.165, 1.54) is 11.6 Å². The fraction of sp³-hybridized carbons (Fsp3) is 0.333. The van der Waals surface area contributed by atoms with Gasteiger partial charge in [0.25, 0.3) is 0 Å². The van der Waals surface area contributed by atoms with Crippen LogP contribution in [0.1, 0.15) is 41.5 Å². The molecular weight excluding hydrogens is 407 g/mol. The van der Waals surface area contributed by atoms with Crippen LogP contribution >= 0.6 is 15.9 Å². The molecule has 140 valence electrons. The molecule has 1 aromatic carbocycles. The molecule has 1 atom stereocenters.